The second kappa shape index (κ2) is 3.70. The summed E-state index contributed by atoms with van der Waals surface area (Å²) < 4.78 is 22.4. The highest BCUT2D eigenvalue weighted by Crippen LogP contribution is 2.18. The lowest BCUT2D eigenvalue weighted by atomic mass is 10.2. The maximum absolute atomic E-state index is 11.2. The van der Waals surface area contributed by atoms with Crippen molar-refractivity contribution in [2.75, 3.05) is 11.1 Å². The van der Waals surface area contributed by atoms with E-state index in [0.717, 1.165) is 11.3 Å². The van der Waals surface area contributed by atoms with Crippen molar-refractivity contribution >= 4 is 15.5 Å². The van der Waals surface area contributed by atoms with Gasteiger partial charge >= 0.3 is 0 Å². The average Bonchev–Trinajstić information content (AvgIpc) is 2.50. The van der Waals surface area contributed by atoms with Gasteiger partial charge in [0, 0.05) is 11.1 Å². The first kappa shape index (κ1) is 10.2. The number of hydrogen-bond donors (Lipinski definition) is 1. The minimum atomic E-state index is -2.97. The standard InChI is InChI=1S/C11H13NO2S/c1-9-4-2-3-5-11(9)12-10-6-7-15(13,14)8-10/h2-7,10,12H,8H2,1H3/t10-/m0/s1. The van der Waals surface area contributed by atoms with E-state index >= 15 is 0 Å². The van der Waals surface area contributed by atoms with Crippen molar-refractivity contribution in [3.8, 4) is 0 Å². The molecule has 0 aliphatic carbocycles. The van der Waals surface area contributed by atoms with Crippen LogP contribution in [0.4, 0.5) is 5.69 Å². The minimum absolute atomic E-state index is 0.101. The first-order valence-electron chi connectivity index (χ1n) is 4.80. The summed E-state index contributed by atoms with van der Waals surface area (Å²) in [7, 11) is -2.97. The van der Waals surface area contributed by atoms with Gasteiger partial charge in [-0.1, -0.05) is 24.3 Å². The van der Waals surface area contributed by atoms with E-state index in [1.165, 1.54) is 5.41 Å². The van der Waals surface area contributed by atoms with Gasteiger partial charge in [0.1, 0.15) is 0 Å². The van der Waals surface area contributed by atoms with Gasteiger partial charge in [-0.25, -0.2) is 8.42 Å². The molecule has 0 saturated carbocycles. The van der Waals surface area contributed by atoms with E-state index in [-0.39, 0.29) is 11.8 Å². The minimum Gasteiger partial charge on any atom is -0.378 e. The lowest BCUT2D eigenvalue weighted by molar-refractivity contribution is 0.605. The molecule has 3 nitrogen and oxygen atoms in total. The SMILES string of the molecule is Cc1ccccc1N[C@H]1C=CS(=O)(=O)C1. The average molecular weight is 223 g/mol. The van der Waals surface area contributed by atoms with E-state index in [9.17, 15) is 8.42 Å². The van der Waals surface area contributed by atoms with Crippen LogP contribution in [0.3, 0.4) is 0 Å². The predicted octanol–water partition coefficient (Wildman–Crippen LogP) is 1.72. The van der Waals surface area contributed by atoms with Crippen LogP contribution in [0.25, 0.3) is 0 Å². The van der Waals surface area contributed by atoms with E-state index in [1.807, 2.05) is 31.2 Å². The molecule has 0 aromatic heterocycles. The maximum atomic E-state index is 11.2. The van der Waals surface area contributed by atoms with Gasteiger partial charge in [0.15, 0.2) is 9.84 Å². The van der Waals surface area contributed by atoms with Crippen molar-refractivity contribution in [1.29, 1.82) is 0 Å². The van der Waals surface area contributed by atoms with E-state index < -0.39 is 9.84 Å². The second-order valence-electron chi connectivity index (χ2n) is 3.72. The summed E-state index contributed by atoms with van der Waals surface area (Å²) in [5.74, 6) is 0.154. The molecule has 0 unspecified atom stereocenters. The van der Waals surface area contributed by atoms with Crippen LogP contribution in [-0.2, 0) is 9.84 Å². The Kier molecular flexibility index (Phi) is 2.52. The summed E-state index contributed by atoms with van der Waals surface area (Å²) in [6.45, 7) is 2.00. The van der Waals surface area contributed by atoms with Crippen LogP contribution < -0.4 is 5.32 Å². The Hall–Kier alpha value is -1.29. The normalized spacial score (nSPS) is 22.9. The number of para-hydroxylation sites is 1. The Bertz CT molecular complexity index is 491. The summed E-state index contributed by atoms with van der Waals surface area (Å²) in [4.78, 5) is 0. The first-order valence-corrected chi connectivity index (χ1v) is 6.51. The maximum Gasteiger partial charge on any atom is 0.173 e. The summed E-state index contributed by atoms with van der Waals surface area (Å²) in [5, 5.41) is 4.48. The molecule has 80 valence electrons. The molecule has 1 N–H and O–H groups in total. The van der Waals surface area contributed by atoms with E-state index in [4.69, 9.17) is 0 Å². The van der Waals surface area contributed by atoms with E-state index in [2.05, 4.69) is 5.32 Å². The third-order valence-corrected chi connectivity index (χ3v) is 3.81. The molecule has 15 heavy (non-hydrogen) atoms. The van der Waals surface area contributed by atoms with Gasteiger partial charge in [-0.15, -0.1) is 0 Å². The van der Waals surface area contributed by atoms with Gasteiger partial charge in [-0.3, -0.25) is 0 Å². The van der Waals surface area contributed by atoms with Crippen LogP contribution in [0.15, 0.2) is 35.7 Å². The molecule has 0 spiro atoms. The zero-order chi connectivity index (χ0) is 10.9. The van der Waals surface area contributed by atoms with E-state index in [1.54, 1.807) is 6.08 Å². The quantitative estimate of drug-likeness (QED) is 0.830. The molecule has 1 atom stereocenters. The van der Waals surface area contributed by atoms with Crippen LogP contribution in [0.1, 0.15) is 5.56 Å². The van der Waals surface area contributed by atoms with Crippen molar-refractivity contribution in [3.63, 3.8) is 0 Å². The van der Waals surface area contributed by atoms with Gasteiger partial charge in [-0.2, -0.15) is 0 Å². The third kappa shape index (κ3) is 2.39. The second-order valence-corrected chi connectivity index (χ2v) is 5.66. The molecular formula is C11H13NO2S. The number of rotatable bonds is 2. The molecule has 1 aromatic carbocycles. The number of hydrogen-bond acceptors (Lipinski definition) is 3. The Morgan fingerprint density at radius 2 is 2.07 bits per heavy atom. The molecule has 2 rings (SSSR count). The van der Waals surface area contributed by atoms with Crippen molar-refractivity contribution < 1.29 is 8.42 Å². The monoisotopic (exact) mass is 223 g/mol. The van der Waals surface area contributed by atoms with Gasteiger partial charge in [0.05, 0.1) is 11.8 Å². The van der Waals surface area contributed by atoms with Crippen LogP contribution in [0.5, 0.6) is 0 Å². The molecule has 0 radical (unpaired) electrons. The zero-order valence-electron chi connectivity index (χ0n) is 8.47. The van der Waals surface area contributed by atoms with Crippen LogP contribution in [-0.4, -0.2) is 20.2 Å². The fraction of sp³-hybridized carbons (Fsp3) is 0.273. The largest absolute Gasteiger partial charge is 0.378 e. The molecule has 0 saturated heterocycles. The number of sulfone groups is 1. The van der Waals surface area contributed by atoms with Gasteiger partial charge < -0.3 is 5.32 Å². The van der Waals surface area contributed by atoms with Crippen molar-refractivity contribution in [3.05, 3.63) is 41.3 Å². The fourth-order valence-corrected chi connectivity index (χ4v) is 2.84. The van der Waals surface area contributed by atoms with Gasteiger partial charge in [-0.05, 0) is 18.6 Å². The molecule has 0 amide bonds. The lowest BCUT2D eigenvalue weighted by Crippen LogP contribution is -2.21. The summed E-state index contributed by atoms with van der Waals surface area (Å²) in [5.41, 5.74) is 2.11. The summed E-state index contributed by atoms with van der Waals surface area (Å²) in [6.07, 6.45) is 1.70. The Morgan fingerprint density at radius 3 is 2.67 bits per heavy atom. The van der Waals surface area contributed by atoms with Gasteiger partial charge in [0.25, 0.3) is 0 Å². The number of benzene rings is 1. The van der Waals surface area contributed by atoms with Gasteiger partial charge in [0.2, 0.25) is 0 Å². The topological polar surface area (TPSA) is 46.2 Å². The van der Waals surface area contributed by atoms with Crippen LogP contribution in [0, 0.1) is 6.92 Å². The number of nitrogens with one attached hydrogen (secondary N) is 1. The number of anilines is 1. The Labute approximate surface area is 89.7 Å². The van der Waals surface area contributed by atoms with Crippen LogP contribution in [0.2, 0.25) is 0 Å². The lowest BCUT2D eigenvalue weighted by Gasteiger charge is -2.13. The molecule has 1 aliphatic heterocycles. The first-order chi connectivity index (χ1) is 7.07. The van der Waals surface area contributed by atoms with Crippen LogP contribution >= 0.6 is 0 Å². The van der Waals surface area contributed by atoms with E-state index in [0.29, 0.717) is 0 Å². The fourth-order valence-electron chi connectivity index (χ4n) is 1.60. The van der Waals surface area contributed by atoms with Crippen molar-refractivity contribution in [1.82, 2.24) is 0 Å². The summed E-state index contributed by atoms with van der Waals surface area (Å²) in [6, 6.07) is 7.74. The predicted molar refractivity (Wildman–Crippen MR) is 61.5 cm³/mol. The highest BCUT2D eigenvalue weighted by molar-refractivity contribution is 7.94. The Balaban J connectivity index is 2.12. The molecule has 1 aliphatic rings. The molecule has 1 aromatic rings. The molecule has 1 heterocycles. The molecule has 0 bridgehead atoms. The third-order valence-electron chi connectivity index (χ3n) is 2.42. The molecule has 0 fully saturated rings. The van der Waals surface area contributed by atoms with Crippen molar-refractivity contribution in [2.45, 2.75) is 13.0 Å². The van der Waals surface area contributed by atoms with Crippen molar-refractivity contribution in [2.24, 2.45) is 0 Å². The highest BCUT2D eigenvalue weighted by atomic mass is 32.2. The number of aryl methyl sites for hydroxylation is 1. The molecular weight excluding hydrogens is 210 g/mol. The summed E-state index contributed by atoms with van der Waals surface area (Å²) >= 11 is 0. The molecule has 4 heteroatoms. The smallest absolute Gasteiger partial charge is 0.173 e. The Morgan fingerprint density at radius 1 is 1.33 bits per heavy atom. The highest BCUT2D eigenvalue weighted by Gasteiger charge is 2.21. The zero-order valence-corrected chi connectivity index (χ0v) is 9.29.